The van der Waals surface area contributed by atoms with Crippen LogP contribution in [0.2, 0.25) is 5.02 Å². The predicted molar refractivity (Wildman–Crippen MR) is 168 cm³/mol. The minimum absolute atomic E-state index is 0.103. The summed E-state index contributed by atoms with van der Waals surface area (Å²) in [6.07, 6.45) is 6.14. The molecule has 0 bridgehead atoms. The molecule has 0 radical (unpaired) electrons. The molecular weight excluding hydrogens is 661 g/mol. The SMILES string of the molecule is C[C@@H](c1ccccn1)N(C1CC1)S(=O)(=O)N[C@H]1CC2=C(c3ccn(C(F)F)n3)[C@H](c3ccc(F)cc3Cl)N=C(c3nccs3)N2C1. The van der Waals surface area contributed by atoms with Gasteiger partial charge in [0, 0.05) is 70.9 Å². The molecule has 3 atom stereocenters. The van der Waals surface area contributed by atoms with Crippen LogP contribution in [0.15, 0.2) is 77.1 Å². The number of rotatable bonds is 10. The highest BCUT2D eigenvalue weighted by molar-refractivity contribution is 7.87. The highest BCUT2D eigenvalue weighted by Crippen LogP contribution is 2.46. The third kappa shape index (κ3) is 5.86. The van der Waals surface area contributed by atoms with Gasteiger partial charge in [-0.3, -0.25) is 9.98 Å². The molecule has 16 heteroatoms. The number of alkyl halides is 2. The zero-order valence-corrected chi connectivity index (χ0v) is 26.7. The van der Waals surface area contributed by atoms with Gasteiger partial charge in [-0.15, -0.1) is 11.3 Å². The Morgan fingerprint density at radius 3 is 2.61 bits per heavy atom. The monoisotopic (exact) mass is 688 g/mol. The number of hydrogen-bond acceptors (Lipinski definition) is 8. The Labute approximate surface area is 272 Å². The Morgan fingerprint density at radius 1 is 1.13 bits per heavy atom. The van der Waals surface area contributed by atoms with Crippen molar-refractivity contribution in [2.75, 3.05) is 6.54 Å². The Kier molecular flexibility index (Phi) is 8.21. The number of aliphatic imine (C=N–C) groups is 1. The number of halogens is 4. The maximum Gasteiger partial charge on any atom is 0.333 e. The Bertz CT molecular complexity index is 1920. The largest absolute Gasteiger partial charge is 0.333 e. The number of hydrogen-bond donors (Lipinski definition) is 1. The summed E-state index contributed by atoms with van der Waals surface area (Å²) in [4.78, 5) is 15.7. The molecule has 5 heterocycles. The van der Waals surface area contributed by atoms with Crippen molar-refractivity contribution in [2.45, 2.75) is 56.9 Å². The average Bonchev–Trinajstić information content (AvgIpc) is 3.39. The summed E-state index contributed by atoms with van der Waals surface area (Å²) in [5.74, 6) is -0.0722. The minimum atomic E-state index is -4.01. The van der Waals surface area contributed by atoms with E-state index >= 15 is 0 Å². The van der Waals surface area contributed by atoms with E-state index in [4.69, 9.17) is 16.6 Å². The van der Waals surface area contributed by atoms with E-state index in [1.165, 1.54) is 46.1 Å². The van der Waals surface area contributed by atoms with E-state index < -0.39 is 40.7 Å². The number of nitrogens with one attached hydrogen (secondary N) is 1. The normalized spacial score (nSPS) is 20.8. The van der Waals surface area contributed by atoms with Crippen molar-refractivity contribution in [3.63, 3.8) is 0 Å². The molecule has 1 saturated heterocycles. The van der Waals surface area contributed by atoms with E-state index in [0.29, 0.717) is 38.1 Å². The summed E-state index contributed by atoms with van der Waals surface area (Å²) in [5.41, 5.74) is 2.41. The van der Waals surface area contributed by atoms with Crippen LogP contribution in [-0.2, 0) is 10.2 Å². The van der Waals surface area contributed by atoms with Crippen molar-refractivity contribution in [2.24, 2.45) is 4.99 Å². The lowest BCUT2D eigenvalue weighted by Gasteiger charge is -2.32. The van der Waals surface area contributed by atoms with Gasteiger partial charge in [-0.1, -0.05) is 23.7 Å². The zero-order chi connectivity index (χ0) is 32.2. The van der Waals surface area contributed by atoms with Crippen molar-refractivity contribution >= 4 is 44.6 Å². The topological polar surface area (TPSA) is 109 Å². The van der Waals surface area contributed by atoms with E-state index in [9.17, 15) is 21.6 Å². The number of aromatic nitrogens is 4. The lowest BCUT2D eigenvalue weighted by Crippen LogP contribution is -2.48. The van der Waals surface area contributed by atoms with Crippen molar-refractivity contribution in [3.05, 3.63) is 105 Å². The van der Waals surface area contributed by atoms with Crippen LogP contribution >= 0.6 is 22.9 Å². The Balaban J connectivity index is 1.31. The third-order valence-corrected chi connectivity index (χ3v) is 11.1. The first-order chi connectivity index (χ1) is 22.1. The van der Waals surface area contributed by atoms with Crippen LogP contribution in [0.4, 0.5) is 13.2 Å². The first-order valence-electron chi connectivity index (χ1n) is 14.6. The molecule has 1 aromatic carbocycles. The molecule has 7 rings (SSSR count). The third-order valence-electron chi connectivity index (χ3n) is 8.22. The van der Waals surface area contributed by atoms with Crippen molar-refractivity contribution in [1.82, 2.24) is 33.7 Å². The summed E-state index contributed by atoms with van der Waals surface area (Å²) >= 11 is 7.90. The molecule has 4 aromatic rings. The molecule has 0 amide bonds. The molecule has 10 nitrogen and oxygen atoms in total. The Hall–Kier alpha value is -3.63. The second-order valence-corrected chi connectivity index (χ2v) is 14.2. The van der Waals surface area contributed by atoms with Crippen molar-refractivity contribution < 1.29 is 21.6 Å². The van der Waals surface area contributed by atoms with E-state index in [-0.39, 0.29) is 29.7 Å². The quantitative estimate of drug-likeness (QED) is 0.220. The molecule has 1 aliphatic carbocycles. The summed E-state index contributed by atoms with van der Waals surface area (Å²) in [5, 5.41) is 6.62. The maximum absolute atomic E-state index is 14.1. The molecular formula is C30H28ClF3N8O2S2. The van der Waals surface area contributed by atoms with Gasteiger partial charge >= 0.3 is 6.55 Å². The number of fused-ring (bicyclic) bond motifs is 1. The first-order valence-corrected chi connectivity index (χ1v) is 17.3. The maximum atomic E-state index is 14.1. The van der Waals surface area contributed by atoms with Gasteiger partial charge in [0.25, 0.3) is 10.2 Å². The standard InChI is InChI=1S/C30H28ClF3N8O2S2/c1-17(23-4-2-3-10-35-23)42(20-6-7-20)46(43,44)39-19-15-25-26(24-9-12-41(38-24)30(33)34)27(21-8-5-18(32)14-22(21)31)37-28(40(25)16-19)29-36-11-13-45-29/h2-5,8-14,17,19-20,27,30,39H,6-7,15-16H2,1H3/t17-,19-,27-/m0/s1. The molecule has 1 N–H and O–H groups in total. The fourth-order valence-electron chi connectivity index (χ4n) is 6.11. The second-order valence-electron chi connectivity index (χ2n) is 11.3. The van der Waals surface area contributed by atoms with Crippen LogP contribution in [0.3, 0.4) is 0 Å². The van der Waals surface area contributed by atoms with Gasteiger partial charge in [-0.05, 0) is 50.1 Å². The van der Waals surface area contributed by atoms with Crippen LogP contribution in [0.5, 0.6) is 0 Å². The number of pyridine rings is 1. The fraction of sp³-hybridized carbons (Fsp3) is 0.333. The van der Waals surface area contributed by atoms with Crippen molar-refractivity contribution in [1.29, 1.82) is 0 Å². The highest BCUT2D eigenvalue weighted by atomic mass is 35.5. The molecule has 240 valence electrons. The lowest BCUT2D eigenvalue weighted by atomic mass is 9.92. The van der Waals surface area contributed by atoms with Gasteiger partial charge in [0.15, 0.2) is 10.8 Å². The number of amidine groups is 1. The van der Waals surface area contributed by atoms with Gasteiger partial charge in [0.1, 0.15) is 11.9 Å². The molecule has 46 heavy (non-hydrogen) atoms. The molecule has 1 saturated carbocycles. The first kappa shape index (κ1) is 31.0. The summed E-state index contributed by atoms with van der Waals surface area (Å²) in [6.45, 7) is -0.854. The molecule has 3 aromatic heterocycles. The summed E-state index contributed by atoms with van der Waals surface area (Å²) < 4.78 is 74.5. The summed E-state index contributed by atoms with van der Waals surface area (Å²) in [6, 6.07) is 8.68. The lowest BCUT2D eigenvalue weighted by molar-refractivity contribution is 0.0564. The number of benzene rings is 1. The number of thiazole rings is 1. The van der Waals surface area contributed by atoms with E-state index in [2.05, 4.69) is 19.8 Å². The molecule has 3 aliphatic rings. The van der Waals surface area contributed by atoms with Gasteiger partial charge in [0.2, 0.25) is 0 Å². The number of nitrogens with zero attached hydrogens (tertiary/aromatic N) is 7. The van der Waals surface area contributed by atoms with Gasteiger partial charge < -0.3 is 4.90 Å². The van der Waals surface area contributed by atoms with Gasteiger partial charge in [-0.25, -0.2) is 14.1 Å². The predicted octanol–water partition coefficient (Wildman–Crippen LogP) is 5.97. The van der Waals surface area contributed by atoms with Crippen LogP contribution in [0, 0.1) is 5.82 Å². The molecule has 0 spiro atoms. The van der Waals surface area contributed by atoms with Crippen LogP contribution < -0.4 is 4.72 Å². The Morgan fingerprint density at radius 2 is 1.96 bits per heavy atom. The van der Waals surface area contributed by atoms with Crippen LogP contribution in [-0.4, -0.2) is 61.8 Å². The molecule has 0 unspecified atom stereocenters. The van der Waals surface area contributed by atoms with Crippen LogP contribution in [0.1, 0.15) is 66.8 Å². The van der Waals surface area contributed by atoms with Crippen LogP contribution in [0.25, 0.3) is 5.57 Å². The molecule has 2 aliphatic heterocycles. The van der Waals surface area contributed by atoms with Gasteiger partial charge in [0.05, 0.1) is 17.4 Å². The summed E-state index contributed by atoms with van der Waals surface area (Å²) in [7, 11) is -4.01. The van der Waals surface area contributed by atoms with E-state index in [0.717, 1.165) is 12.8 Å². The smallest absolute Gasteiger partial charge is 0.326 e. The van der Waals surface area contributed by atoms with Crippen molar-refractivity contribution in [3.8, 4) is 0 Å². The van der Waals surface area contributed by atoms with E-state index in [1.54, 1.807) is 29.9 Å². The van der Waals surface area contributed by atoms with E-state index in [1.807, 2.05) is 17.9 Å². The zero-order valence-electron chi connectivity index (χ0n) is 24.3. The average molecular weight is 689 g/mol. The fourth-order valence-corrected chi connectivity index (χ4v) is 8.85. The molecule has 2 fully saturated rings. The second kappa shape index (κ2) is 12.2. The minimum Gasteiger partial charge on any atom is -0.326 e. The highest BCUT2D eigenvalue weighted by Gasteiger charge is 2.46. The van der Waals surface area contributed by atoms with Gasteiger partial charge in [-0.2, -0.15) is 31.3 Å².